The molecular weight excluding hydrogens is 1270 g/mol. The van der Waals surface area contributed by atoms with Gasteiger partial charge in [-0.3, -0.25) is 67.5 Å². The van der Waals surface area contributed by atoms with E-state index in [4.69, 9.17) is 38.5 Å². The minimum atomic E-state index is -1.77. The first-order valence-corrected chi connectivity index (χ1v) is 32.0. The van der Waals surface area contributed by atoms with Crippen LogP contribution < -0.4 is 81.3 Å². The number of hydrogen-bond donors (Lipinski definition) is 18. The third kappa shape index (κ3) is 26.1. The number of unbranched alkanes of at least 4 members (excludes halogenated alkanes) is 2. The molecule has 0 saturated carbocycles. The van der Waals surface area contributed by atoms with Gasteiger partial charge in [0.2, 0.25) is 47.3 Å². The van der Waals surface area contributed by atoms with E-state index in [1.54, 1.807) is 27.7 Å². The van der Waals surface area contributed by atoms with Gasteiger partial charge < -0.3 is 107 Å². The molecule has 0 spiro atoms. The van der Waals surface area contributed by atoms with Crippen LogP contribution in [-0.2, 0) is 57.5 Å². The number of hydroxylamine groups is 3. The number of carboxylic acids is 3. The van der Waals surface area contributed by atoms with Crippen LogP contribution in [-0.4, -0.2) is 236 Å². The Bertz CT molecular complexity index is 3010. The van der Waals surface area contributed by atoms with Crippen molar-refractivity contribution in [3.8, 4) is 5.75 Å². The molecule has 1 aromatic carbocycles. The van der Waals surface area contributed by atoms with Crippen molar-refractivity contribution in [1.29, 1.82) is 0 Å². The van der Waals surface area contributed by atoms with Gasteiger partial charge in [-0.15, -0.1) is 5.06 Å². The molecule has 3 rings (SSSR count). The Hall–Kier alpha value is -9.65. The lowest BCUT2D eigenvalue weighted by Gasteiger charge is -2.33. The molecule has 9 amide bonds. The number of hydrogen-bond acceptors (Lipinski definition) is 20. The van der Waals surface area contributed by atoms with Crippen LogP contribution in [0.15, 0.2) is 34.3 Å². The van der Waals surface area contributed by atoms with Crippen LogP contribution in [0, 0.1) is 11.1 Å². The van der Waals surface area contributed by atoms with E-state index >= 15 is 0 Å². The minimum Gasteiger partial charge on any atom is -0.714 e. The lowest BCUT2D eigenvalue weighted by Crippen LogP contribution is -2.57. The summed E-state index contributed by atoms with van der Waals surface area (Å²) in [6, 6.07) is -4.39. The van der Waals surface area contributed by atoms with Gasteiger partial charge in [-0.05, 0) is 149 Å². The van der Waals surface area contributed by atoms with Gasteiger partial charge >= 0.3 is 23.7 Å². The number of benzene rings is 1. The molecule has 37 heteroatoms. The summed E-state index contributed by atoms with van der Waals surface area (Å²) in [7, 11) is 0. The number of guanidine groups is 2. The molecule has 542 valence electrons. The Labute approximate surface area is 561 Å². The summed E-state index contributed by atoms with van der Waals surface area (Å²) in [5, 5.41) is 76.1. The number of amides is 9. The number of nitrogens with zero attached hydrogens (tertiary/aromatic N) is 5. The lowest BCUT2D eigenvalue weighted by atomic mass is 9.84. The van der Waals surface area contributed by atoms with E-state index in [1.807, 2.05) is 0 Å². The largest absolute Gasteiger partial charge is 0.714 e. The predicted molar refractivity (Wildman–Crippen MR) is 350 cm³/mol. The number of nitrogens with one attached hydrogen (secondary N) is 9. The maximum Gasteiger partial charge on any atom is 0.326 e. The fourth-order valence-electron chi connectivity index (χ4n) is 10.3. The Morgan fingerprint density at radius 2 is 1.18 bits per heavy atom. The van der Waals surface area contributed by atoms with Crippen LogP contribution in [0.25, 0.3) is 0 Å². The van der Waals surface area contributed by atoms with Crippen molar-refractivity contribution in [2.75, 3.05) is 52.4 Å². The molecule has 0 aliphatic carbocycles. The third-order valence-corrected chi connectivity index (χ3v) is 16.5. The van der Waals surface area contributed by atoms with E-state index in [0.29, 0.717) is 36.1 Å². The maximum absolute atomic E-state index is 14.4. The van der Waals surface area contributed by atoms with Crippen LogP contribution in [0.4, 0.5) is 0 Å². The van der Waals surface area contributed by atoms with Crippen molar-refractivity contribution in [1.82, 2.24) is 57.8 Å². The van der Waals surface area contributed by atoms with Gasteiger partial charge in [0.25, 0.3) is 5.91 Å². The maximum atomic E-state index is 14.4. The zero-order valence-corrected chi connectivity index (χ0v) is 56.0. The molecule has 0 radical (unpaired) electrons. The summed E-state index contributed by atoms with van der Waals surface area (Å²) in [5.41, 5.74) is 25.9. The first-order chi connectivity index (χ1) is 45.5. The normalized spacial score (nSPS) is 16.7. The topological polar surface area (TPSA) is 591 Å². The number of aliphatic carboxylic acids is 3. The smallest absolute Gasteiger partial charge is 0.326 e. The van der Waals surface area contributed by atoms with Crippen molar-refractivity contribution >= 4 is 88.8 Å². The molecule has 1 fully saturated rings. The second-order valence-electron chi connectivity index (χ2n) is 24.8. The molecule has 1 aromatic rings. The number of carbonyl (C=O) groups is 12. The van der Waals surface area contributed by atoms with Crippen molar-refractivity contribution < 1.29 is 87.5 Å². The fraction of sp³-hybridized carbons (Fsp3) is 0.650. The van der Waals surface area contributed by atoms with Gasteiger partial charge in [-0.2, -0.15) is 0 Å². The Balaban J connectivity index is 1.84. The van der Waals surface area contributed by atoms with Gasteiger partial charge in [0.15, 0.2) is 24.1 Å². The Morgan fingerprint density at radius 3 is 1.71 bits per heavy atom. The van der Waals surface area contributed by atoms with Crippen LogP contribution in [0.1, 0.15) is 138 Å². The van der Waals surface area contributed by atoms with Crippen molar-refractivity contribution in [2.24, 2.45) is 44.6 Å². The van der Waals surface area contributed by atoms with E-state index in [9.17, 15) is 78.2 Å². The number of amidine groups is 1. The van der Waals surface area contributed by atoms with Gasteiger partial charge in [-0.25, -0.2) is 10.0 Å². The molecule has 2 aliphatic heterocycles. The number of ether oxygens (including phenoxy) is 1. The lowest BCUT2D eigenvalue weighted by molar-refractivity contribution is -0.539. The van der Waals surface area contributed by atoms with Crippen LogP contribution in [0.3, 0.4) is 0 Å². The van der Waals surface area contributed by atoms with E-state index in [-0.39, 0.29) is 107 Å². The zero-order chi connectivity index (χ0) is 72.9. The fourth-order valence-corrected chi connectivity index (χ4v) is 10.3. The van der Waals surface area contributed by atoms with Crippen LogP contribution in [0.2, 0.25) is 0 Å². The number of rotatable bonds is 43. The van der Waals surface area contributed by atoms with E-state index in [2.05, 4.69) is 57.8 Å². The molecule has 23 N–H and O–H groups in total. The highest BCUT2D eigenvalue weighted by molar-refractivity contribution is 5.98. The van der Waals surface area contributed by atoms with E-state index < -0.39 is 163 Å². The Morgan fingerprint density at radius 1 is 0.649 bits per heavy atom. The van der Waals surface area contributed by atoms with Crippen molar-refractivity contribution in [3.63, 3.8) is 0 Å². The highest BCUT2D eigenvalue weighted by Gasteiger charge is 2.59. The highest BCUT2D eigenvalue weighted by Crippen LogP contribution is 2.37. The second-order valence-corrected chi connectivity index (χ2v) is 24.8. The summed E-state index contributed by atoms with van der Waals surface area (Å²) < 4.78 is 6.46. The minimum absolute atomic E-state index is 0.0184. The number of carbonyl (C=O) groups excluding carboxylic acids is 9. The van der Waals surface area contributed by atoms with Crippen LogP contribution in [0.5, 0.6) is 5.75 Å². The molecule has 0 bridgehead atoms. The quantitative estimate of drug-likeness (QED) is 0.00962. The Kier molecular flexibility index (Phi) is 33.1. The number of carboxylic acid groups (broad SMARTS) is 3. The van der Waals surface area contributed by atoms with E-state index in [0.717, 1.165) is 5.06 Å². The zero-order valence-electron chi connectivity index (χ0n) is 56.0. The number of nitrogens with two attached hydrogens (primary N) is 5. The van der Waals surface area contributed by atoms with Crippen molar-refractivity contribution in [3.05, 3.63) is 35.0 Å². The first kappa shape index (κ1) is 81.6. The van der Waals surface area contributed by atoms with Crippen LogP contribution >= 0.6 is 0 Å². The van der Waals surface area contributed by atoms with Crippen molar-refractivity contribution in [2.45, 2.75) is 191 Å². The van der Waals surface area contributed by atoms with Gasteiger partial charge in [0.05, 0.1) is 24.6 Å². The predicted octanol–water partition coefficient (Wildman–Crippen LogP) is -4.60. The number of likely N-dealkylation sites (tertiary alicyclic amines) is 1. The summed E-state index contributed by atoms with van der Waals surface area (Å²) in [4.78, 5) is 167. The van der Waals surface area contributed by atoms with Gasteiger partial charge in [-0.1, -0.05) is 20.3 Å². The summed E-state index contributed by atoms with van der Waals surface area (Å²) >= 11 is 0. The molecule has 8 atom stereocenters. The molecule has 2 heterocycles. The molecule has 0 unspecified atom stereocenters. The third-order valence-electron chi connectivity index (χ3n) is 16.5. The summed E-state index contributed by atoms with van der Waals surface area (Å²) in [6.07, 6.45) is 1.50. The molecule has 97 heavy (non-hydrogen) atoms. The standard InChI is InChI=1S/C60H99N19O18/c1-33(2)47(56(93)94)76-52(90)41(29-45(82)83)73-43(80)30-69-48(86)38(17-12-26-67-57(62)63)74-51(89)40(72-44(81)32-97-36-22-20-35(21-23-36)54-78(95)59(4,5)60(6,7)79(54)96)16-9-11-25-66-37(15-8-10-24-61)50(88)71-34(3)55(92)77-28-14-19-42(77)53(91)75-39(18-13-27-68-58(64)65)49(87)70-31-46(84)85/h20-23,33-34,37-42,47,66,95H,8-19,24-32,61H2,1-7H3,(H,69,86)(H,70,87)(H,71,88)(H,72,81)(H,73,80)(H,74,89)(H,75,91)(H,76,90)(H,82,83)(H,84,85)(H,93,94)(H4,62,63,67)(H4,64,65,68)/t34-,37-,38-,39-,40-,41-,42-,47-/m0/s1. The second kappa shape index (κ2) is 39.4. The first-order valence-electron chi connectivity index (χ1n) is 32.0. The monoisotopic (exact) mass is 1370 g/mol. The SMILES string of the molecule is CC(C)[C@H](NC(=O)[C@H](CC(=O)O)NC(=O)CNC(=O)[C@H](CCCN=C(N)N)NC(=O)[C@H](CCCCN[C@@H](CCCCN)C(=O)N[C@@H](C)C(=O)N1CCC[C@H]1C(=O)N[C@@H](CCCN=C(N)N)C(=O)NCC(=O)O)NC(=O)COc1ccc(C2=[N+]([O-])C(C)(C)C(C)(C)N2O)cc1)C(=O)O. The average Bonchev–Trinajstić information content (AvgIpc) is 1.58. The molecular formula is C60H99N19O18. The molecule has 0 aromatic heterocycles. The summed E-state index contributed by atoms with van der Waals surface area (Å²) in [6.45, 7) is 9.67. The molecule has 1 saturated heterocycles. The molecule has 2 aliphatic rings. The van der Waals surface area contributed by atoms with E-state index in [1.165, 1.54) is 49.9 Å². The van der Waals surface area contributed by atoms with Gasteiger partial charge in [0, 0.05) is 19.6 Å². The average molecular weight is 1370 g/mol. The highest BCUT2D eigenvalue weighted by atomic mass is 16.5. The molecule has 37 nitrogen and oxygen atoms in total. The summed E-state index contributed by atoms with van der Waals surface area (Å²) in [5.74, 6) is -12.6. The van der Waals surface area contributed by atoms with Gasteiger partial charge in [0.1, 0.15) is 60.1 Å². The number of aliphatic imine (C=N–C) groups is 2.